The minimum atomic E-state index is -0.171. The summed E-state index contributed by atoms with van der Waals surface area (Å²) in [5, 5.41) is 4.86. The number of fused-ring (bicyclic) bond motifs is 1. The number of carbonyl (C=O) groups is 2. The number of Topliss-reactive ketones (excluding diaryl/α,β-unsaturated/α-hetero) is 1. The first-order valence-corrected chi connectivity index (χ1v) is 12.3. The van der Waals surface area contributed by atoms with Gasteiger partial charge in [-0.15, -0.1) is 0 Å². The second kappa shape index (κ2) is 9.65. The van der Waals surface area contributed by atoms with Gasteiger partial charge in [-0.3, -0.25) is 9.59 Å². The van der Waals surface area contributed by atoms with Crippen molar-refractivity contribution >= 4 is 11.7 Å². The molecule has 2 aromatic carbocycles. The first-order chi connectivity index (χ1) is 17.8. The van der Waals surface area contributed by atoms with Crippen LogP contribution in [0.3, 0.4) is 0 Å². The molecule has 1 aliphatic carbocycles. The van der Waals surface area contributed by atoms with Gasteiger partial charge in [0.2, 0.25) is 0 Å². The Morgan fingerprint density at radius 3 is 2.41 bits per heavy atom. The number of hydrogen-bond acceptors (Lipinski definition) is 5. The van der Waals surface area contributed by atoms with E-state index in [-0.39, 0.29) is 17.1 Å². The van der Waals surface area contributed by atoms with E-state index in [0.717, 1.165) is 22.6 Å². The summed E-state index contributed by atoms with van der Waals surface area (Å²) in [5.41, 5.74) is 4.44. The largest absolute Gasteiger partial charge is 0.497 e. The van der Waals surface area contributed by atoms with E-state index in [4.69, 9.17) is 9.84 Å². The number of ether oxygens (including phenoxy) is 1. The maximum atomic E-state index is 13.2. The Balaban J connectivity index is 1.44. The lowest BCUT2D eigenvalue weighted by molar-refractivity contribution is 0.0784. The van der Waals surface area contributed by atoms with Crippen molar-refractivity contribution in [1.82, 2.24) is 19.7 Å². The quantitative estimate of drug-likeness (QED) is 0.360. The molecule has 1 aliphatic rings. The van der Waals surface area contributed by atoms with Crippen molar-refractivity contribution in [3.05, 3.63) is 95.3 Å². The molecule has 0 aliphatic heterocycles. The number of pyridine rings is 1. The first-order valence-electron chi connectivity index (χ1n) is 12.3. The molecule has 5 rings (SSSR count). The van der Waals surface area contributed by atoms with Crippen LogP contribution in [0.25, 0.3) is 17.1 Å². The van der Waals surface area contributed by atoms with Crippen molar-refractivity contribution in [2.24, 2.45) is 5.41 Å². The molecule has 1 amide bonds. The highest BCUT2D eigenvalue weighted by Gasteiger charge is 2.37. The molecule has 7 nitrogen and oxygen atoms in total. The maximum absolute atomic E-state index is 13.2. The highest BCUT2D eigenvalue weighted by Crippen LogP contribution is 2.39. The lowest BCUT2D eigenvalue weighted by atomic mass is 9.75. The van der Waals surface area contributed by atoms with Crippen molar-refractivity contribution in [2.75, 3.05) is 14.2 Å². The van der Waals surface area contributed by atoms with E-state index >= 15 is 0 Å². The molecule has 0 bridgehead atoms. The molecule has 0 atom stereocenters. The zero-order valence-electron chi connectivity index (χ0n) is 21.6. The normalized spacial score (nSPS) is 14.2. The summed E-state index contributed by atoms with van der Waals surface area (Å²) in [4.78, 5) is 32.5. The molecule has 0 fully saturated rings. The minimum absolute atomic E-state index is 0.100. The molecular formula is C30H30N4O3. The Morgan fingerprint density at radius 1 is 1.03 bits per heavy atom. The van der Waals surface area contributed by atoms with E-state index in [0.29, 0.717) is 42.0 Å². The van der Waals surface area contributed by atoms with Crippen LogP contribution in [0.15, 0.2) is 72.9 Å². The molecule has 0 N–H and O–H groups in total. The molecule has 2 aromatic heterocycles. The molecular weight excluding hydrogens is 464 g/mol. The summed E-state index contributed by atoms with van der Waals surface area (Å²) in [7, 11) is 3.39. The second-order valence-corrected chi connectivity index (χ2v) is 10.3. The molecule has 2 heterocycles. The van der Waals surface area contributed by atoms with Crippen LogP contribution in [-0.2, 0) is 13.0 Å². The van der Waals surface area contributed by atoms with Gasteiger partial charge < -0.3 is 9.64 Å². The number of aromatic nitrogens is 3. The van der Waals surface area contributed by atoms with E-state index < -0.39 is 0 Å². The van der Waals surface area contributed by atoms with Crippen LogP contribution in [0.4, 0.5) is 0 Å². The number of hydrogen-bond donors (Lipinski definition) is 0. The predicted molar refractivity (Wildman–Crippen MR) is 142 cm³/mol. The van der Waals surface area contributed by atoms with E-state index in [9.17, 15) is 9.59 Å². The average molecular weight is 495 g/mol. The topological polar surface area (TPSA) is 77.3 Å². The monoisotopic (exact) mass is 494 g/mol. The van der Waals surface area contributed by atoms with Crippen LogP contribution < -0.4 is 4.74 Å². The van der Waals surface area contributed by atoms with Crippen LogP contribution in [-0.4, -0.2) is 45.5 Å². The average Bonchev–Trinajstić information content (AvgIpc) is 3.28. The lowest BCUT2D eigenvalue weighted by Crippen LogP contribution is -2.28. The number of nitrogens with zero attached hydrogens (tertiary/aromatic N) is 4. The van der Waals surface area contributed by atoms with Crippen molar-refractivity contribution in [1.29, 1.82) is 0 Å². The number of amides is 1. The summed E-state index contributed by atoms with van der Waals surface area (Å²) in [5.74, 6) is 1.33. The van der Waals surface area contributed by atoms with Crippen molar-refractivity contribution in [2.45, 2.75) is 33.2 Å². The molecule has 7 heteroatoms. The van der Waals surface area contributed by atoms with Gasteiger partial charge in [0.1, 0.15) is 11.4 Å². The van der Waals surface area contributed by atoms with E-state index in [1.54, 1.807) is 42.1 Å². The third kappa shape index (κ3) is 4.89. The standard InChI is InChI=1S/C30H30N4O3/c1-30(2)16-24-27(25(35)17-30)28(21-8-6-5-7-9-21)32-34(24)26-15-12-22(18-31-26)29(36)33(3)19-20-10-13-23(37-4)14-11-20/h5-15,18H,16-17,19H2,1-4H3. The van der Waals surface area contributed by atoms with Crippen LogP contribution >= 0.6 is 0 Å². The summed E-state index contributed by atoms with van der Waals surface area (Å²) in [6, 6.07) is 21.0. The van der Waals surface area contributed by atoms with Gasteiger partial charge in [-0.05, 0) is 41.7 Å². The Labute approximate surface area is 216 Å². The number of benzene rings is 2. The van der Waals surface area contributed by atoms with Crippen molar-refractivity contribution in [3.63, 3.8) is 0 Å². The van der Waals surface area contributed by atoms with Crippen LogP contribution in [0, 0.1) is 5.41 Å². The molecule has 0 saturated carbocycles. The fraction of sp³-hybridized carbons (Fsp3) is 0.267. The van der Waals surface area contributed by atoms with Crippen molar-refractivity contribution < 1.29 is 14.3 Å². The molecule has 188 valence electrons. The van der Waals surface area contributed by atoms with Gasteiger partial charge in [-0.1, -0.05) is 56.3 Å². The number of carbonyl (C=O) groups excluding carboxylic acids is 2. The molecule has 4 aromatic rings. The van der Waals surface area contributed by atoms with Gasteiger partial charge in [0.15, 0.2) is 11.6 Å². The summed E-state index contributed by atoms with van der Waals surface area (Å²) >= 11 is 0. The number of ketones is 1. The summed E-state index contributed by atoms with van der Waals surface area (Å²) in [6.07, 6.45) is 2.77. The first kappa shape index (κ1) is 24.4. The maximum Gasteiger partial charge on any atom is 0.255 e. The number of methoxy groups -OCH3 is 1. The summed E-state index contributed by atoms with van der Waals surface area (Å²) in [6.45, 7) is 4.66. The van der Waals surface area contributed by atoms with Gasteiger partial charge in [0.05, 0.1) is 23.9 Å². The number of rotatable bonds is 6. The molecule has 0 radical (unpaired) electrons. The highest BCUT2D eigenvalue weighted by molar-refractivity contribution is 6.04. The van der Waals surface area contributed by atoms with Gasteiger partial charge >= 0.3 is 0 Å². The van der Waals surface area contributed by atoms with Gasteiger partial charge in [-0.2, -0.15) is 5.10 Å². The van der Waals surface area contributed by atoms with Crippen LogP contribution in [0.1, 0.15) is 52.2 Å². The third-order valence-corrected chi connectivity index (χ3v) is 6.73. The van der Waals surface area contributed by atoms with Crippen LogP contribution in [0.5, 0.6) is 5.75 Å². The SMILES string of the molecule is COc1ccc(CN(C)C(=O)c2ccc(-n3nc(-c4ccccc4)c4c3CC(C)(C)CC4=O)nc2)cc1. The van der Waals surface area contributed by atoms with Gasteiger partial charge in [-0.25, -0.2) is 9.67 Å². The predicted octanol–water partition coefficient (Wildman–Crippen LogP) is 5.37. The van der Waals surface area contributed by atoms with Gasteiger partial charge in [0.25, 0.3) is 5.91 Å². The Morgan fingerprint density at radius 2 is 1.76 bits per heavy atom. The van der Waals surface area contributed by atoms with E-state index in [2.05, 4.69) is 18.8 Å². The zero-order valence-corrected chi connectivity index (χ0v) is 21.6. The van der Waals surface area contributed by atoms with Gasteiger partial charge in [0, 0.05) is 31.8 Å². The fourth-order valence-electron chi connectivity index (χ4n) is 4.87. The van der Waals surface area contributed by atoms with Crippen molar-refractivity contribution in [3.8, 4) is 22.8 Å². The van der Waals surface area contributed by atoms with Crippen LogP contribution in [0.2, 0.25) is 0 Å². The second-order valence-electron chi connectivity index (χ2n) is 10.3. The Bertz CT molecular complexity index is 1440. The van der Waals surface area contributed by atoms with E-state index in [1.165, 1.54) is 0 Å². The molecule has 0 spiro atoms. The smallest absolute Gasteiger partial charge is 0.255 e. The Kier molecular flexibility index (Phi) is 6.38. The fourth-order valence-corrected chi connectivity index (χ4v) is 4.87. The molecule has 0 unspecified atom stereocenters. The Hall–Kier alpha value is -4.26. The minimum Gasteiger partial charge on any atom is -0.497 e. The zero-order chi connectivity index (χ0) is 26.2. The summed E-state index contributed by atoms with van der Waals surface area (Å²) < 4.78 is 6.97. The molecule has 37 heavy (non-hydrogen) atoms. The van der Waals surface area contributed by atoms with E-state index in [1.807, 2.05) is 54.6 Å². The third-order valence-electron chi connectivity index (χ3n) is 6.73. The lowest BCUT2D eigenvalue weighted by Gasteiger charge is -2.29. The highest BCUT2D eigenvalue weighted by atomic mass is 16.5. The molecule has 0 saturated heterocycles.